The van der Waals surface area contributed by atoms with Crippen molar-refractivity contribution in [3.8, 4) is 0 Å². The number of piperidine rings is 1. The van der Waals surface area contributed by atoms with Crippen LogP contribution in [0.4, 0.5) is 4.79 Å². The molecule has 7 nitrogen and oxygen atoms in total. The SMILES string of the molecule is CCC1(C(=O)O)CCN(C(=O)NCCn2cccn2)CC1. The Morgan fingerprint density at radius 2 is 2.10 bits per heavy atom. The zero-order valence-electron chi connectivity index (χ0n) is 12.3. The summed E-state index contributed by atoms with van der Waals surface area (Å²) in [6.45, 7) is 4.02. The van der Waals surface area contributed by atoms with Gasteiger partial charge in [0.05, 0.1) is 12.0 Å². The number of carbonyl (C=O) groups is 2. The Hall–Kier alpha value is -2.05. The Balaban J connectivity index is 1.76. The third-order valence-corrected chi connectivity index (χ3v) is 4.31. The number of carboxylic acids is 1. The fourth-order valence-electron chi connectivity index (χ4n) is 2.68. The lowest BCUT2D eigenvalue weighted by molar-refractivity contribution is -0.151. The minimum absolute atomic E-state index is 0.128. The number of carbonyl (C=O) groups excluding carboxylic acids is 1. The molecule has 116 valence electrons. The van der Waals surface area contributed by atoms with Crippen molar-refractivity contribution in [2.45, 2.75) is 32.7 Å². The number of hydrogen-bond donors (Lipinski definition) is 2. The van der Waals surface area contributed by atoms with Gasteiger partial charge in [0.2, 0.25) is 0 Å². The molecule has 2 amide bonds. The highest BCUT2D eigenvalue weighted by atomic mass is 16.4. The van der Waals surface area contributed by atoms with E-state index in [-0.39, 0.29) is 6.03 Å². The second kappa shape index (κ2) is 6.60. The van der Waals surface area contributed by atoms with Crippen molar-refractivity contribution in [3.63, 3.8) is 0 Å². The lowest BCUT2D eigenvalue weighted by atomic mass is 9.76. The van der Waals surface area contributed by atoms with Crippen molar-refractivity contribution in [1.82, 2.24) is 20.0 Å². The van der Waals surface area contributed by atoms with Crippen LogP contribution in [0.1, 0.15) is 26.2 Å². The van der Waals surface area contributed by atoms with E-state index in [1.165, 1.54) is 0 Å². The molecular formula is C14H22N4O3. The number of aromatic nitrogens is 2. The Bertz CT molecular complexity index is 478. The van der Waals surface area contributed by atoms with E-state index in [9.17, 15) is 14.7 Å². The molecule has 1 aromatic rings. The Morgan fingerprint density at radius 1 is 1.38 bits per heavy atom. The maximum absolute atomic E-state index is 12.0. The number of urea groups is 1. The fourth-order valence-corrected chi connectivity index (χ4v) is 2.68. The van der Waals surface area contributed by atoms with E-state index < -0.39 is 11.4 Å². The number of nitrogens with one attached hydrogen (secondary N) is 1. The van der Waals surface area contributed by atoms with Crippen LogP contribution in [0.2, 0.25) is 0 Å². The zero-order valence-corrected chi connectivity index (χ0v) is 12.3. The van der Waals surface area contributed by atoms with Gasteiger partial charge in [-0.25, -0.2) is 4.79 Å². The zero-order chi connectivity index (χ0) is 15.3. The summed E-state index contributed by atoms with van der Waals surface area (Å²) in [6, 6.07) is 1.71. The molecule has 2 heterocycles. The third kappa shape index (κ3) is 3.53. The molecular weight excluding hydrogens is 272 g/mol. The summed E-state index contributed by atoms with van der Waals surface area (Å²) in [5, 5.41) is 16.2. The molecule has 0 bridgehead atoms. The molecule has 0 unspecified atom stereocenters. The first kappa shape index (κ1) is 15.3. The van der Waals surface area contributed by atoms with Crippen LogP contribution in [0.15, 0.2) is 18.5 Å². The van der Waals surface area contributed by atoms with Gasteiger partial charge in [-0.15, -0.1) is 0 Å². The molecule has 0 saturated carbocycles. The molecule has 0 atom stereocenters. The second-order valence-corrected chi connectivity index (χ2v) is 5.43. The second-order valence-electron chi connectivity index (χ2n) is 5.43. The molecule has 1 aliphatic heterocycles. The molecule has 0 aliphatic carbocycles. The standard InChI is InChI=1S/C14H22N4O3/c1-2-14(12(19)20)4-9-17(10-5-14)13(21)15-7-11-18-8-3-6-16-18/h3,6,8H,2,4-5,7,9-11H2,1H3,(H,15,21)(H,19,20). The van der Waals surface area contributed by atoms with E-state index >= 15 is 0 Å². The monoisotopic (exact) mass is 294 g/mol. The molecule has 7 heteroatoms. The molecule has 1 saturated heterocycles. The maximum atomic E-state index is 12.0. The van der Waals surface area contributed by atoms with Crippen LogP contribution >= 0.6 is 0 Å². The van der Waals surface area contributed by atoms with Crippen LogP contribution in [0.3, 0.4) is 0 Å². The van der Waals surface area contributed by atoms with Crippen molar-refractivity contribution < 1.29 is 14.7 Å². The van der Waals surface area contributed by atoms with Gasteiger partial charge < -0.3 is 15.3 Å². The number of aliphatic carboxylic acids is 1. The molecule has 1 aliphatic rings. The van der Waals surface area contributed by atoms with E-state index in [4.69, 9.17) is 0 Å². The summed E-state index contributed by atoms with van der Waals surface area (Å²) in [5.41, 5.74) is -0.661. The summed E-state index contributed by atoms with van der Waals surface area (Å²) in [5.74, 6) is -0.747. The van der Waals surface area contributed by atoms with E-state index in [0.29, 0.717) is 45.4 Å². The minimum atomic E-state index is -0.747. The van der Waals surface area contributed by atoms with Gasteiger partial charge in [-0.3, -0.25) is 9.48 Å². The van der Waals surface area contributed by atoms with Crippen molar-refractivity contribution in [2.75, 3.05) is 19.6 Å². The first-order chi connectivity index (χ1) is 10.1. The van der Waals surface area contributed by atoms with Crippen LogP contribution < -0.4 is 5.32 Å². The summed E-state index contributed by atoms with van der Waals surface area (Å²) in [6.07, 6.45) is 5.19. The largest absolute Gasteiger partial charge is 0.481 e. The van der Waals surface area contributed by atoms with Gasteiger partial charge in [0.1, 0.15) is 0 Å². The van der Waals surface area contributed by atoms with Crippen molar-refractivity contribution in [3.05, 3.63) is 18.5 Å². The first-order valence-corrected chi connectivity index (χ1v) is 7.31. The van der Waals surface area contributed by atoms with Crippen molar-refractivity contribution in [1.29, 1.82) is 0 Å². The van der Waals surface area contributed by atoms with Gasteiger partial charge in [-0.05, 0) is 25.3 Å². The van der Waals surface area contributed by atoms with Crippen LogP contribution in [0.25, 0.3) is 0 Å². The highest BCUT2D eigenvalue weighted by Crippen LogP contribution is 2.35. The van der Waals surface area contributed by atoms with E-state index in [1.54, 1.807) is 15.8 Å². The first-order valence-electron chi connectivity index (χ1n) is 7.31. The minimum Gasteiger partial charge on any atom is -0.481 e. The van der Waals surface area contributed by atoms with Crippen molar-refractivity contribution >= 4 is 12.0 Å². The van der Waals surface area contributed by atoms with Crippen LogP contribution in [0.5, 0.6) is 0 Å². The summed E-state index contributed by atoms with van der Waals surface area (Å²) in [4.78, 5) is 25.1. The lowest BCUT2D eigenvalue weighted by Crippen LogP contribution is -2.49. The fraction of sp³-hybridized carbons (Fsp3) is 0.643. The van der Waals surface area contributed by atoms with Gasteiger partial charge in [-0.2, -0.15) is 5.10 Å². The Morgan fingerprint density at radius 3 is 2.62 bits per heavy atom. The molecule has 1 fully saturated rings. The summed E-state index contributed by atoms with van der Waals surface area (Å²) >= 11 is 0. The van der Waals surface area contributed by atoms with Gasteiger partial charge in [0.25, 0.3) is 0 Å². The number of carboxylic acid groups (broad SMARTS) is 1. The quantitative estimate of drug-likeness (QED) is 0.853. The number of hydrogen-bond acceptors (Lipinski definition) is 3. The number of amides is 2. The smallest absolute Gasteiger partial charge is 0.317 e. The van der Waals surface area contributed by atoms with E-state index in [0.717, 1.165) is 0 Å². The van der Waals surface area contributed by atoms with Crippen LogP contribution in [0, 0.1) is 5.41 Å². The highest BCUT2D eigenvalue weighted by Gasteiger charge is 2.40. The van der Waals surface area contributed by atoms with Gasteiger partial charge >= 0.3 is 12.0 Å². The van der Waals surface area contributed by atoms with Gasteiger partial charge in [0.15, 0.2) is 0 Å². The predicted molar refractivity (Wildman–Crippen MR) is 76.8 cm³/mol. The molecule has 0 aromatic carbocycles. The molecule has 0 radical (unpaired) electrons. The predicted octanol–water partition coefficient (Wildman–Crippen LogP) is 1.17. The average Bonchev–Trinajstić information content (AvgIpc) is 3.00. The Labute approximate surface area is 123 Å². The third-order valence-electron chi connectivity index (χ3n) is 4.31. The van der Waals surface area contributed by atoms with Gasteiger partial charge in [-0.1, -0.05) is 6.92 Å². The molecule has 0 spiro atoms. The molecule has 2 rings (SSSR count). The Kier molecular flexibility index (Phi) is 4.82. The molecule has 21 heavy (non-hydrogen) atoms. The van der Waals surface area contributed by atoms with Crippen LogP contribution in [-0.4, -0.2) is 51.4 Å². The average molecular weight is 294 g/mol. The van der Waals surface area contributed by atoms with E-state index in [1.807, 2.05) is 19.2 Å². The van der Waals surface area contributed by atoms with Gasteiger partial charge in [0, 0.05) is 32.0 Å². The summed E-state index contributed by atoms with van der Waals surface area (Å²) < 4.78 is 1.75. The summed E-state index contributed by atoms with van der Waals surface area (Å²) in [7, 11) is 0. The van der Waals surface area contributed by atoms with Crippen LogP contribution in [-0.2, 0) is 11.3 Å². The molecule has 1 aromatic heterocycles. The number of rotatable bonds is 5. The van der Waals surface area contributed by atoms with E-state index in [2.05, 4.69) is 10.4 Å². The topological polar surface area (TPSA) is 87.5 Å². The highest BCUT2D eigenvalue weighted by molar-refractivity contribution is 5.77. The normalized spacial score (nSPS) is 17.5. The number of likely N-dealkylation sites (tertiary alicyclic amines) is 1. The van der Waals surface area contributed by atoms with Crippen molar-refractivity contribution in [2.24, 2.45) is 5.41 Å². The number of nitrogens with zero attached hydrogens (tertiary/aromatic N) is 3. The molecule has 2 N–H and O–H groups in total. The maximum Gasteiger partial charge on any atom is 0.317 e. The lowest BCUT2D eigenvalue weighted by Gasteiger charge is -2.38.